The summed E-state index contributed by atoms with van der Waals surface area (Å²) in [6.45, 7) is 13.3. The second-order valence-corrected chi connectivity index (χ2v) is 5.27. The van der Waals surface area contributed by atoms with Gasteiger partial charge in [-0.2, -0.15) is 0 Å². The predicted molar refractivity (Wildman–Crippen MR) is 72.8 cm³/mol. The Balaban J connectivity index is 4.06. The quantitative estimate of drug-likeness (QED) is 0.670. The molecule has 0 heterocycles. The zero-order valence-corrected chi connectivity index (χ0v) is 12.0. The van der Waals surface area contributed by atoms with E-state index in [9.17, 15) is 4.79 Å². The normalized spacial score (nSPS) is 15.1. The molecule has 0 aliphatic rings. The number of carbonyl (C=O) groups excluding carboxylic acids is 1. The number of likely N-dealkylation sites (N-methyl/N-ethyl adjacent to an activating group) is 1. The number of hydrogen-bond donors (Lipinski definition) is 2. The lowest BCUT2D eigenvalue weighted by molar-refractivity contribution is -0.123. The molecule has 0 saturated heterocycles. The van der Waals surface area contributed by atoms with Gasteiger partial charge in [0, 0.05) is 12.6 Å². The zero-order chi connectivity index (χ0) is 13.4. The third-order valence-corrected chi connectivity index (χ3v) is 3.18. The van der Waals surface area contributed by atoms with E-state index in [1.165, 1.54) is 0 Å². The largest absolute Gasteiger partial charge is 0.352 e. The minimum absolute atomic E-state index is 0.109. The highest BCUT2D eigenvalue weighted by Crippen LogP contribution is 2.01. The molecule has 0 fully saturated rings. The van der Waals surface area contributed by atoms with Crippen molar-refractivity contribution in [1.29, 1.82) is 0 Å². The van der Waals surface area contributed by atoms with E-state index in [4.69, 9.17) is 5.73 Å². The average molecular weight is 243 g/mol. The molecule has 1 amide bonds. The topological polar surface area (TPSA) is 58.4 Å². The Labute approximate surface area is 106 Å². The van der Waals surface area contributed by atoms with Crippen LogP contribution in [-0.2, 0) is 4.79 Å². The van der Waals surface area contributed by atoms with Crippen LogP contribution in [0.25, 0.3) is 0 Å². The summed E-state index contributed by atoms with van der Waals surface area (Å²) in [4.78, 5) is 14.0. The van der Waals surface area contributed by atoms with E-state index in [2.05, 4.69) is 37.9 Å². The van der Waals surface area contributed by atoms with E-state index in [1.807, 2.05) is 6.92 Å². The van der Waals surface area contributed by atoms with Crippen LogP contribution in [0.5, 0.6) is 0 Å². The first kappa shape index (κ1) is 16.4. The number of hydrogen-bond acceptors (Lipinski definition) is 3. The van der Waals surface area contributed by atoms with Crippen LogP contribution >= 0.6 is 0 Å². The molecule has 0 rings (SSSR count). The molecule has 0 saturated carbocycles. The molecule has 2 atom stereocenters. The number of nitrogens with zero attached hydrogens (tertiary/aromatic N) is 1. The molecular formula is C13H29N3O. The lowest BCUT2D eigenvalue weighted by atomic mass is 10.1. The molecular weight excluding hydrogens is 214 g/mol. The van der Waals surface area contributed by atoms with Crippen molar-refractivity contribution in [1.82, 2.24) is 10.2 Å². The molecule has 0 bridgehead atoms. The van der Waals surface area contributed by atoms with Gasteiger partial charge in [0.2, 0.25) is 5.91 Å². The highest BCUT2D eigenvalue weighted by Gasteiger charge is 2.14. The summed E-state index contributed by atoms with van der Waals surface area (Å²) < 4.78 is 0. The summed E-state index contributed by atoms with van der Waals surface area (Å²) in [5.41, 5.74) is 5.60. The molecule has 0 aliphatic heterocycles. The van der Waals surface area contributed by atoms with Crippen molar-refractivity contribution in [2.45, 2.75) is 40.7 Å². The third kappa shape index (κ3) is 7.34. The Morgan fingerprint density at radius 3 is 2.29 bits per heavy atom. The predicted octanol–water partition coefficient (Wildman–Crippen LogP) is 1.06. The Kier molecular flexibility index (Phi) is 8.17. The van der Waals surface area contributed by atoms with Gasteiger partial charge in [0.1, 0.15) is 0 Å². The lowest BCUT2D eigenvalue weighted by Gasteiger charge is -2.24. The van der Waals surface area contributed by atoms with Crippen molar-refractivity contribution in [3.63, 3.8) is 0 Å². The molecule has 0 radical (unpaired) electrons. The van der Waals surface area contributed by atoms with Crippen molar-refractivity contribution in [2.75, 3.05) is 26.2 Å². The van der Waals surface area contributed by atoms with Gasteiger partial charge >= 0.3 is 0 Å². The fourth-order valence-electron chi connectivity index (χ4n) is 1.49. The number of amides is 1. The molecule has 4 nitrogen and oxygen atoms in total. The van der Waals surface area contributed by atoms with Gasteiger partial charge in [0.15, 0.2) is 0 Å². The van der Waals surface area contributed by atoms with E-state index in [1.54, 1.807) is 0 Å². The van der Waals surface area contributed by atoms with Crippen LogP contribution in [0.4, 0.5) is 0 Å². The summed E-state index contributed by atoms with van der Waals surface area (Å²) in [7, 11) is 0. The van der Waals surface area contributed by atoms with Gasteiger partial charge in [-0.05, 0) is 31.8 Å². The minimum Gasteiger partial charge on any atom is -0.352 e. The molecule has 2 unspecified atom stereocenters. The van der Waals surface area contributed by atoms with E-state index >= 15 is 0 Å². The number of nitrogens with two attached hydrogens (primary N) is 1. The summed E-state index contributed by atoms with van der Waals surface area (Å²) >= 11 is 0. The first-order chi connectivity index (χ1) is 7.90. The Bertz CT molecular complexity index is 219. The summed E-state index contributed by atoms with van der Waals surface area (Å²) in [6.07, 6.45) is 0. The standard InChI is InChI=1S/C13H29N3O/c1-6-16(8-11(4)7-14)9-13(17)15-12(5)10(2)3/h10-12H,6-9,14H2,1-5H3,(H,15,17). The fourth-order valence-corrected chi connectivity index (χ4v) is 1.49. The molecule has 0 aliphatic carbocycles. The number of nitrogens with one attached hydrogen (secondary N) is 1. The van der Waals surface area contributed by atoms with Gasteiger partial charge in [-0.25, -0.2) is 0 Å². The maximum atomic E-state index is 11.8. The van der Waals surface area contributed by atoms with Gasteiger partial charge < -0.3 is 11.1 Å². The van der Waals surface area contributed by atoms with Crippen LogP contribution in [0.1, 0.15) is 34.6 Å². The van der Waals surface area contributed by atoms with E-state index in [0.717, 1.165) is 13.1 Å². The number of rotatable bonds is 8. The van der Waals surface area contributed by atoms with Gasteiger partial charge in [-0.3, -0.25) is 9.69 Å². The Hall–Kier alpha value is -0.610. The molecule has 4 heteroatoms. The first-order valence-electron chi connectivity index (χ1n) is 6.62. The van der Waals surface area contributed by atoms with Crippen LogP contribution in [0.15, 0.2) is 0 Å². The molecule has 102 valence electrons. The fraction of sp³-hybridized carbons (Fsp3) is 0.923. The van der Waals surface area contributed by atoms with E-state index in [0.29, 0.717) is 24.9 Å². The van der Waals surface area contributed by atoms with Crippen LogP contribution in [0.3, 0.4) is 0 Å². The highest BCUT2D eigenvalue weighted by molar-refractivity contribution is 5.78. The minimum atomic E-state index is 0.109. The second kappa shape index (κ2) is 8.48. The van der Waals surface area contributed by atoms with Crippen LogP contribution < -0.4 is 11.1 Å². The molecule has 3 N–H and O–H groups in total. The van der Waals surface area contributed by atoms with Crippen molar-refractivity contribution < 1.29 is 4.79 Å². The smallest absolute Gasteiger partial charge is 0.234 e. The zero-order valence-electron chi connectivity index (χ0n) is 12.0. The average Bonchev–Trinajstić information content (AvgIpc) is 2.27. The van der Waals surface area contributed by atoms with E-state index < -0.39 is 0 Å². The Morgan fingerprint density at radius 2 is 1.88 bits per heavy atom. The Morgan fingerprint density at radius 1 is 1.29 bits per heavy atom. The van der Waals surface area contributed by atoms with Gasteiger partial charge in [0.25, 0.3) is 0 Å². The summed E-state index contributed by atoms with van der Waals surface area (Å²) in [5, 5.41) is 3.02. The summed E-state index contributed by atoms with van der Waals surface area (Å²) in [5.74, 6) is 1.01. The third-order valence-electron chi connectivity index (χ3n) is 3.18. The maximum absolute atomic E-state index is 11.8. The van der Waals surface area contributed by atoms with Crippen molar-refractivity contribution >= 4 is 5.91 Å². The molecule has 0 aromatic rings. The maximum Gasteiger partial charge on any atom is 0.234 e. The lowest BCUT2D eigenvalue weighted by Crippen LogP contribution is -2.44. The first-order valence-corrected chi connectivity index (χ1v) is 6.62. The highest BCUT2D eigenvalue weighted by atomic mass is 16.2. The molecule has 17 heavy (non-hydrogen) atoms. The van der Waals surface area contributed by atoms with Crippen LogP contribution in [0, 0.1) is 11.8 Å². The molecule has 0 aromatic heterocycles. The van der Waals surface area contributed by atoms with Crippen molar-refractivity contribution in [3.8, 4) is 0 Å². The van der Waals surface area contributed by atoms with Gasteiger partial charge in [-0.1, -0.05) is 27.7 Å². The molecule has 0 aromatic carbocycles. The van der Waals surface area contributed by atoms with Gasteiger partial charge in [-0.15, -0.1) is 0 Å². The second-order valence-electron chi connectivity index (χ2n) is 5.27. The van der Waals surface area contributed by atoms with Gasteiger partial charge in [0.05, 0.1) is 6.54 Å². The van der Waals surface area contributed by atoms with Crippen molar-refractivity contribution in [3.05, 3.63) is 0 Å². The van der Waals surface area contributed by atoms with Crippen molar-refractivity contribution in [2.24, 2.45) is 17.6 Å². The van der Waals surface area contributed by atoms with E-state index in [-0.39, 0.29) is 11.9 Å². The summed E-state index contributed by atoms with van der Waals surface area (Å²) in [6, 6.07) is 0.230. The SMILES string of the molecule is CCN(CC(=O)NC(C)C(C)C)CC(C)CN. The van der Waals surface area contributed by atoms with Crippen LogP contribution in [0.2, 0.25) is 0 Å². The number of carbonyl (C=O) groups is 1. The monoisotopic (exact) mass is 243 g/mol. The molecule has 0 spiro atoms. The van der Waals surface area contributed by atoms with Crippen LogP contribution in [-0.4, -0.2) is 43.0 Å².